The van der Waals surface area contributed by atoms with E-state index < -0.39 is 0 Å². The van der Waals surface area contributed by atoms with E-state index in [-0.39, 0.29) is 0 Å². The SMILES string of the molecule is CCC1CCCN(c2ncnc(NN)c2Br)C1. The molecule has 3 N–H and O–H groups in total. The van der Waals surface area contributed by atoms with Gasteiger partial charge in [-0.2, -0.15) is 0 Å². The molecule has 5 nitrogen and oxygen atoms in total. The normalized spacial score (nSPS) is 20.4. The molecule has 0 saturated carbocycles. The van der Waals surface area contributed by atoms with Crippen molar-refractivity contribution in [2.24, 2.45) is 11.8 Å². The minimum Gasteiger partial charge on any atom is -0.355 e. The van der Waals surface area contributed by atoms with Gasteiger partial charge in [0.25, 0.3) is 0 Å². The lowest BCUT2D eigenvalue weighted by atomic mass is 9.96. The fourth-order valence-corrected chi connectivity index (χ4v) is 2.84. The van der Waals surface area contributed by atoms with Crippen molar-refractivity contribution in [3.63, 3.8) is 0 Å². The molecule has 2 rings (SSSR count). The second-order valence-electron chi connectivity index (χ2n) is 4.37. The summed E-state index contributed by atoms with van der Waals surface area (Å²) in [6.07, 6.45) is 5.31. The Morgan fingerprint density at radius 3 is 3.12 bits per heavy atom. The Labute approximate surface area is 110 Å². The van der Waals surface area contributed by atoms with Gasteiger partial charge in [0.2, 0.25) is 0 Å². The highest BCUT2D eigenvalue weighted by atomic mass is 79.9. The van der Waals surface area contributed by atoms with E-state index in [1.165, 1.54) is 19.3 Å². The maximum absolute atomic E-state index is 5.41. The molecule has 0 bridgehead atoms. The molecule has 6 heteroatoms. The van der Waals surface area contributed by atoms with Gasteiger partial charge in [-0.15, -0.1) is 0 Å². The summed E-state index contributed by atoms with van der Waals surface area (Å²) in [6, 6.07) is 0. The summed E-state index contributed by atoms with van der Waals surface area (Å²) in [6.45, 7) is 4.36. The predicted octanol–water partition coefficient (Wildman–Crippen LogP) is 2.15. The van der Waals surface area contributed by atoms with Crippen LogP contribution in [0.1, 0.15) is 26.2 Å². The average Bonchev–Trinajstić information content (AvgIpc) is 2.39. The zero-order valence-electron chi connectivity index (χ0n) is 9.99. The van der Waals surface area contributed by atoms with Gasteiger partial charge < -0.3 is 10.3 Å². The van der Waals surface area contributed by atoms with Gasteiger partial charge in [0.1, 0.15) is 16.6 Å². The van der Waals surface area contributed by atoms with Crippen molar-refractivity contribution in [2.45, 2.75) is 26.2 Å². The van der Waals surface area contributed by atoms with E-state index in [1.54, 1.807) is 6.33 Å². The van der Waals surface area contributed by atoms with Gasteiger partial charge in [0, 0.05) is 13.1 Å². The van der Waals surface area contributed by atoms with Crippen LogP contribution >= 0.6 is 15.9 Å². The number of nitrogen functional groups attached to an aromatic ring is 1. The van der Waals surface area contributed by atoms with Crippen LogP contribution in [0, 0.1) is 5.92 Å². The summed E-state index contributed by atoms with van der Waals surface area (Å²) in [5.41, 5.74) is 2.58. The molecular formula is C11H18BrN5. The van der Waals surface area contributed by atoms with Crippen LogP contribution in [0.5, 0.6) is 0 Å². The van der Waals surface area contributed by atoms with Crippen LogP contribution in [0.2, 0.25) is 0 Å². The van der Waals surface area contributed by atoms with Crippen molar-refractivity contribution in [1.29, 1.82) is 0 Å². The Morgan fingerprint density at radius 2 is 2.41 bits per heavy atom. The van der Waals surface area contributed by atoms with Crippen LogP contribution < -0.4 is 16.2 Å². The van der Waals surface area contributed by atoms with Gasteiger partial charge in [-0.05, 0) is 34.7 Å². The van der Waals surface area contributed by atoms with Gasteiger partial charge in [0.05, 0.1) is 0 Å². The highest BCUT2D eigenvalue weighted by molar-refractivity contribution is 9.10. The molecule has 1 aliphatic rings. The molecule has 1 aliphatic heterocycles. The number of rotatable bonds is 3. The molecule has 2 heterocycles. The largest absolute Gasteiger partial charge is 0.355 e. The predicted molar refractivity (Wildman–Crippen MR) is 72.8 cm³/mol. The summed E-state index contributed by atoms with van der Waals surface area (Å²) in [7, 11) is 0. The van der Waals surface area contributed by atoms with Crippen molar-refractivity contribution in [1.82, 2.24) is 9.97 Å². The molecule has 1 fully saturated rings. The first kappa shape index (κ1) is 12.6. The third-order valence-corrected chi connectivity index (χ3v) is 4.03. The van der Waals surface area contributed by atoms with E-state index in [0.29, 0.717) is 5.82 Å². The summed E-state index contributed by atoms with van der Waals surface area (Å²) < 4.78 is 0.847. The van der Waals surface area contributed by atoms with Crippen LogP contribution in [0.3, 0.4) is 0 Å². The number of halogens is 1. The fraction of sp³-hybridized carbons (Fsp3) is 0.636. The number of nitrogens with one attached hydrogen (secondary N) is 1. The lowest BCUT2D eigenvalue weighted by molar-refractivity contribution is 0.402. The molecular weight excluding hydrogens is 282 g/mol. The van der Waals surface area contributed by atoms with Crippen molar-refractivity contribution in [3.05, 3.63) is 10.8 Å². The lowest BCUT2D eigenvalue weighted by Gasteiger charge is -2.33. The summed E-state index contributed by atoms with van der Waals surface area (Å²) in [5.74, 6) is 7.75. The molecule has 17 heavy (non-hydrogen) atoms. The maximum atomic E-state index is 5.41. The number of hydrogen-bond donors (Lipinski definition) is 2. The first-order chi connectivity index (χ1) is 8.26. The van der Waals surface area contributed by atoms with Gasteiger partial charge in [-0.25, -0.2) is 15.8 Å². The Hall–Kier alpha value is -0.880. The number of hydrogen-bond acceptors (Lipinski definition) is 5. The van der Waals surface area contributed by atoms with E-state index in [1.807, 2.05) is 0 Å². The third kappa shape index (κ3) is 2.69. The number of nitrogens with two attached hydrogens (primary N) is 1. The molecule has 1 saturated heterocycles. The van der Waals surface area contributed by atoms with Crippen LogP contribution in [-0.4, -0.2) is 23.1 Å². The van der Waals surface area contributed by atoms with Crippen LogP contribution in [-0.2, 0) is 0 Å². The Bertz CT molecular complexity index is 384. The summed E-state index contributed by atoms with van der Waals surface area (Å²) in [5, 5.41) is 0. The number of anilines is 2. The summed E-state index contributed by atoms with van der Waals surface area (Å²) >= 11 is 3.51. The first-order valence-electron chi connectivity index (χ1n) is 5.98. The van der Waals surface area contributed by atoms with Crippen molar-refractivity contribution in [2.75, 3.05) is 23.4 Å². The van der Waals surface area contributed by atoms with Crippen molar-refractivity contribution in [3.8, 4) is 0 Å². The molecule has 0 radical (unpaired) electrons. The first-order valence-corrected chi connectivity index (χ1v) is 6.77. The maximum Gasteiger partial charge on any atom is 0.159 e. The minimum atomic E-state index is 0.633. The second-order valence-corrected chi connectivity index (χ2v) is 5.16. The Morgan fingerprint density at radius 1 is 1.59 bits per heavy atom. The molecule has 1 unspecified atom stereocenters. The van der Waals surface area contributed by atoms with Crippen molar-refractivity contribution >= 4 is 27.6 Å². The van der Waals surface area contributed by atoms with Gasteiger partial charge >= 0.3 is 0 Å². The van der Waals surface area contributed by atoms with Crippen molar-refractivity contribution < 1.29 is 0 Å². The number of aromatic nitrogens is 2. The molecule has 1 aromatic rings. The zero-order chi connectivity index (χ0) is 12.3. The topological polar surface area (TPSA) is 67.1 Å². The molecule has 0 spiro atoms. The molecule has 94 valence electrons. The highest BCUT2D eigenvalue weighted by Crippen LogP contribution is 2.32. The molecule has 1 atom stereocenters. The summed E-state index contributed by atoms with van der Waals surface area (Å²) in [4.78, 5) is 10.7. The van der Waals surface area contributed by atoms with E-state index in [2.05, 4.69) is 43.1 Å². The van der Waals surface area contributed by atoms with E-state index in [0.717, 1.165) is 29.3 Å². The quantitative estimate of drug-likeness (QED) is 0.661. The van der Waals surface area contributed by atoms with Crippen LogP contribution in [0.25, 0.3) is 0 Å². The third-order valence-electron chi connectivity index (χ3n) is 3.30. The standard InChI is InChI=1S/C11H18BrN5/c1-2-8-4-3-5-17(6-8)11-9(12)10(16-13)14-7-15-11/h7-8H,2-6,13H2,1H3,(H,14,15,16). The molecule has 1 aromatic heterocycles. The molecule has 0 aliphatic carbocycles. The lowest BCUT2D eigenvalue weighted by Crippen LogP contribution is -2.36. The van der Waals surface area contributed by atoms with E-state index in [9.17, 15) is 0 Å². The van der Waals surface area contributed by atoms with Gasteiger partial charge in [0.15, 0.2) is 5.82 Å². The number of hydrazine groups is 1. The monoisotopic (exact) mass is 299 g/mol. The van der Waals surface area contributed by atoms with E-state index in [4.69, 9.17) is 5.84 Å². The zero-order valence-corrected chi connectivity index (χ0v) is 11.6. The highest BCUT2D eigenvalue weighted by Gasteiger charge is 2.22. The fourth-order valence-electron chi connectivity index (χ4n) is 2.27. The number of nitrogens with zero attached hydrogens (tertiary/aromatic N) is 3. The van der Waals surface area contributed by atoms with E-state index >= 15 is 0 Å². The van der Waals surface area contributed by atoms with Crippen LogP contribution in [0.15, 0.2) is 10.8 Å². The second kappa shape index (κ2) is 5.64. The molecule has 0 aromatic carbocycles. The Kier molecular flexibility index (Phi) is 4.17. The van der Waals surface area contributed by atoms with Gasteiger partial charge in [-0.1, -0.05) is 13.3 Å². The Balaban J connectivity index is 2.21. The molecule has 0 amide bonds. The van der Waals surface area contributed by atoms with Gasteiger partial charge in [-0.3, -0.25) is 0 Å². The van der Waals surface area contributed by atoms with Crippen LogP contribution in [0.4, 0.5) is 11.6 Å². The minimum absolute atomic E-state index is 0.633. The average molecular weight is 300 g/mol. The number of piperidine rings is 1. The smallest absolute Gasteiger partial charge is 0.159 e.